The highest BCUT2D eigenvalue weighted by Crippen LogP contribution is 2.11. The fourth-order valence-electron chi connectivity index (χ4n) is 2.32. The lowest BCUT2D eigenvalue weighted by Crippen LogP contribution is -2.06. The number of benzene rings is 2. The maximum atomic E-state index is 12.4. The molecule has 0 aliphatic heterocycles. The first kappa shape index (κ1) is 15.6. The molecule has 0 saturated heterocycles. The number of hydrogen-bond donors (Lipinski definition) is 0. The van der Waals surface area contributed by atoms with Crippen LogP contribution in [0.3, 0.4) is 0 Å². The van der Waals surface area contributed by atoms with Gasteiger partial charge in [0.2, 0.25) is 5.78 Å². The summed E-state index contributed by atoms with van der Waals surface area (Å²) in [5.74, 6) is -0.135. The van der Waals surface area contributed by atoms with Crippen LogP contribution < -0.4 is 0 Å². The number of aromatic nitrogens is 3. The van der Waals surface area contributed by atoms with Gasteiger partial charge in [-0.3, -0.25) is 4.79 Å². The Balaban J connectivity index is 1.79. The van der Waals surface area contributed by atoms with Crippen molar-refractivity contribution in [3.05, 3.63) is 95.8 Å². The van der Waals surface area contributed by atoms with Crippen LogP contribution in [-0.4, -0.2) is 20.8 Å². The van der Waals surface area contributed by atoms with Gasteiger partial charge in [-0.05, 0) is 30.7 Å². The summed E-state index contributed by atoms with van der Waals surface area (Å²) in [6.07, 6.45) is 6.86. The van der Waals surface area contributed by atoms with Gasteiger partial charge in [0.25, 0.3) is 0 Å². The van der Waals surface area contributed by atoms with Crippen molar-refractivity contribution in [2.24, 2.45) is 0 Å². The van der Waals surface area contributed by atoms with Gasteiger partial charge in [-0.1, -0.05) is 71.5 Å². The molecular weight excluding hydrogens is 298 g/mol. The Morgan fingerprint density at radius 1 is 0.958 bits per heavy atom. The molecular formula is C20H17N3O. The van der Waals surface area contributed by atoms with Crippen LogP contribution in [0.15, 0.2) is 84.6 Å². The van der Waals surface area contributed by atoms with E-state index in [9.17, 15) is 4.79 Å². The molecule has 0 spiro atoms. The van der Waals surface area contributed by atoms with Crippen LogP contribution in [-0.2, 0) is 0 Å². The highest BCUT2D eigenvalue weighted by molar-refractivity contribution is 6.03. The average molecular weight is 315 g/mol. The molecule has 24 heavy (non-hydrogen) atoms. The van der Waals surface area contributed by atoms with E-state index < -0.39 is 0 Å². The molecule has 2 aromatic carbocycles. The van der Waals surface area contributed by atoms with Gasteiger partial charge in [-0.25, -0.2) is 4.68 Å². The Kier molecular flexibility index (Phi) is 4.77. The van der Waals surface area contributed by atoms with Gasteiger partial charge in [0.05, 0.1) is 11.9 Å². The smallest absolute Gasteiger partial charge is 0.205 e. The van der Waals surface area contributed by atoms with Crippen molar-refractivity contribution in [2.75, 3.05) is 0 Å². The van der Waals surface area contributed by atoms with Gasteiger partial charge in [0.1, 0.15) is 5.69 Å². The molecule has 118 valence electrons. The normalized spacial score (nSPS) is 11.8. The zero-order valence-electron chi connectivity index (χ0n) is 13.3. The number of allylic oxidation sites excluding steroid dienone is 3. The van der Waals surface area contributed by atoms with E-state index in [2.05, 4.69) is 10.3 Å². The van der Waals surface area contributed by atoms with Crippen molar-refractivity contribution >= 4 is 11.9 Å². The van der Waals surface area contributed by atoms with Crippen molar-refractivity contribution in [1.82, 2.24) is 15.0 Å². The van der Waals surface area contributed by atoms with Crippen LogP contribution in [0.2, 0.25) is 0 Å². The van der Waals surface area contributed by atoms with Crippen molar-refractivity contribution in [3.8, 4) is 5.69 Å². The number of ketones is 1. The molecule has 3 aromatic rings. The highest BCUT2D eigenvalue weighted by Gasteiger charge is 2.11. The average Bonchev–Trinajstić information content (AvgIpc) is 3.11. The lowest BCUT2D eigenvalue weighted by molar-refractivity contribution is 0.104. The van der Waals surface area contributed by atoms with Crippen LogP contribution >= 0.6 is 0 Å². The van der Waals surface area contributed by atoms with Crippen molar-refractivity contribution in [2.45, 2.75) is 6.92 Å². The number of carbonyl (C=O) groups excluding carboxylic acids is 1. The SMILES string of the molecule is CC(=C/c1ccccc1)/C=C/C(=O)c1cnnn1-c1ccccc1. The third-order valence-corrected chi connectivity index (χ3v) is 3.49. The Bertz CT molecular complexity index is 878. The fraction of sp³-hybridized carbons (Fsp3) is 0.0500. The molecule has 0 N–H and O–H groups in total. The van der Waals surface area contributed by atoms with Crippen molar-refractivity contribution in [1.29, 1.82) is 0 Å². The summed E-state index contributed by atoms with van der Waals surface area (Å²) in [7, 11) is 0. The largest absolute Gasteiger partial charge is 0.287 e. The van der Waals surface area contributed by atoms with Gasteiger partial charge < -0.3 is 0 Å². The summed E-state index contributed by atoms with van der Waals surface area (Å²) >= 11 is 0. The summed E-state index contributed by atoms with van der Waals surface area (Å²) in [5, 5.41) is 7.86. The quantitative estimate of drug-likeness (QED) is 0.404. The maximum Gasteiger partial charge on any atom is 0.205 e. The van der Waals surface area contributed by atoms with Gasteiger partial charge in [-0.15, -0.1) is 5.10 Å². The van der Waals surface area contributed by atoms with E-state index in [1.807, 2.05) is 73.7 Å². The van der Waals surface area contributed by atoms with Gasteiger partial charge in [-0.2, -0.15) is 0 Å². The summed E-state index contributed by atoms with van der Waals surface area (Å²) < 4.78 is 1.54. The van der Waals surface area contributed by atoms with Gasteiger partial charge >= 0.3 is 0 Å². The van der Waals surface area contributed by atoms with Crippen molar-refractivity contribution in [3.63, 3.8) is 0 Å². The molecule has 0 radical (unpaired) electrons. The highest BCUT2D eigenvalue weighted by atomic mass is 16.1. The monoisotopic (exact) mass is 315 g/mol. The lowest BCUT2D eigenvalue weighted by atomic mass is 10.1. The Morgan fingerprint density at radius 2 is 1.62 bits per heavy atom. The Labute approximate surface area is 140 Å². The predicted molar refractivity (Wildman–Crippen MR) is 94.9 cm³/mol. The van der Waals surface area contributed by atoms with Gasteiger partial charge in [0, 0.05) is 0 Å². The van der Waals surface area contributed by atoms with Crippen molar-refractivity contribution < 1.29 is 4.79 Å². The summed E-state index contributed by atoms with van der Waals surface area (Å²) in [6.45, 7) is 1.96. The second kappa shape index (κ2) is 7.33. The molecule has 0 unspecified atom stereocenters. The minimum absolute atomic E-state index is 0.135. The molecule has 1 heterocycles. The number of para-hydroxylation sites is 1. The fourth-order valence-corrected chi connectivity index (χ4v) is 2.32. The third-order valence-electron chi connectivity index (χ3n) is 3.49. The van der Waals surface area contributed by atoms with E-state index in [4.69, 9.17) is 0 Å². The molecule has 0 aliphatic rings. The van der Waals surface area contributed by atoms with E-state index in [-0.39, 0.29) is 5.78 Å². The van der Waals surface area contributed by atoms with Crippen LogP contribution in [0, 0.1) is 0 Å². The Hall–Kier alpha value is -3.27. The lowest BCUT2D eigenvalue weighted by Gasteiger charge is -2.03. The first-order chi connectivity index (χ1) is 11.7. The van der Waals surface area contributed by atoms with E-state index in [0.29, 0.717) is 5.69 Å². The van der Waals surface area contributed by atoms with Crippen LogP contribution in [0.4, 0.5) is 0 Å². The molecule has 0 aliphatic carbocycles. The first-order valence-corrected chi connectivity index (χ1v) is 7.66. The van der Waals surface area contributed by atoms with E-state index in [1.54, 1.807) is 16.8 Å². The topological polar surface area (TPSA) is 47.8 Å². The summed E-state index contributed by atoms with van der Waals surface area (Å²) in [5.41, 5.74) is 3.34. The molecule has 0 amide bonds. The van der Waals surface area contributed by atoms with E-state index >= 15 is 0 Å². The number of carbonyl (C=O) groups is 1. The standard InChI is InChI=1S/C20H17N3O/c1-16(14-17-8-4-2-5-9-17)12-13-20(24)19-15-21-22-23(19)18-10-6-3-7-11-18/h2-15H,1H3/b13-12+,16-14-. The van der Waals surface area contributed by atoms with Gasteiger partial charge in [0.15, 0.2) is 0 Å². The maximum absolute atomic E-state index is 12.4. The molecule has 4 heteroatoms. The Morgan fingerprint density at radius 3 is 2.33 bits per heavy atom. The van der Waals surface area contributed by atoms with E-state index in [1.165, 1.54) is 6.20 Å². The van der Waals surface area contributed by atoms with E-state index in [0.717, 1.165) is 16.8 Å². The second-order valence-electron chi connectivity index (χ2n) is 5.36. The molecule has 0 fully saturated rings. The molecule has 4 nitrogen and oxygen atoms in total. The number of hydrogen-bond acceptors (Lipinski definition) is 3. The zero-order chi connectivity index (χ0) is 16.8. The minimum Gasteiger partial charge on any atom is -0.287 e. The number of nitrogens with zero attached hydrogens (tertiary/aromatic N) is 3. The molecule has 3 rings (SSSR count). The minimum atomic E-state index is -0.135. The third kappa shape index (κ3) is 3.73. The predicted octanol–water partition coefficient (Wildman–Crippen LogP) is 4.11. The molecule has 0 atom stereocenters. The molecule has 0 saturated carbocycles. The summed E-state index contributed by atoms with van der Waals surface area (Å²) in [6, 6.07) is 19.5. The van der Waals surface area contributed by atoms with Crippen LogP contribution in [0.1, 0.15) is 23.0 Å². The number of rotatable bonds is 5. The molecule has 0 bridgehead atoms. The van der Waals surface area contributed by atoms with Crippen LogP contribution in [0.5, 0.6) is 0 Å². The first-order valence-electron chi connectivity index (χ1n) is 7.66. The zero-order valence-corrected chi connectivity index (χ0v) is 13.3. The van der Waals surface area contributed by atoms with Crippen LogP contribution in [0.25, 0.3) is 11.8 Å². The summed E-state index contributed by atoms with van der Waals surface area (Å²) in [4.78, 5) is 12.4. The molecule has 1 aromatic heterocycles. The second-order valence-corrected chi connectivity index (χ2v) is 5.36.